The molecular weight excluding hydrogens is 276 g/mol. The zero-order chi connectivity index (χ0) is 11.8. The highest BCUT2D eigenvalue weighted by Crippen LogP contribution is 2.36. The summed E-state index contributed by atoms with van der Waals surface area (Å²) < 4.78 is 0.957. The van der Waals surface area contributed by atoms with E-state index >= 15 is 0 Å². The molecule has 0 saturated carbocycles. The number of aromatic nitrogens is 1. The molecule has 2 nitrogen and oxygen atoms in total. The van der Waals surface area contributed by atoms with Crippen molar-refractivity contribution < 1.29 is 0 Å². The molecule has 1 saturated heterocycles. The number of rotatable bonds is 1. The monoisotopic (exact) mass is 292 g/mol. The normalized spacial score (nSPS) is 27.8. The van der Waals surface area contributed by atoms with Gasteiger partial charge in [0, 0.05) is 6.20 Å². The predicted molar refractivity (Wildman–Crippen MR) is 73.7 cm³/mol. The fourth-order valence-corrected chi connectivity index (χ4v) is 3.15. The topological polar surface area (TPSA) is 24.9 Å². The first-order chi connectivity index (χ1) is 8.24. The lowest BCUT2D eigenvalue weighted by Gasteiger charge is -2.24. The van der Waals surface area contributed by atoms with Gasteiger partial charge in [-0.15, -0.1) is 0 Å². The van der Waals surface area contributed by atoms with Gasteiger partial charge >= 0.3 is 0 Å². The van der Waals surface area contributed by atoms with E-state index < -0.39 is 0 Å². The molecule has 1 N–H and O–H groups in total. The van der Waals surface area contributed by atoms with E-state index in [1.165, 1.54) is 42.6 Å². The molecule has 0 spiro atoms. The molecule has 1 aromatic heterocycles. The van der Waals surface area contributed by atoms with Gasteiger partial charge in [0.15, 0.2) is 0 Å². The third kappa shape index (κ3) is 2.18. The van der Waals surface area contributed by atoms with E-state index in [-0.39, 0.29) is 0 Å². The molecule has 0 aromatic carbocycles. The van der Waals surface area contributed by atoms with Crippen molar-refractivity contribution in [3.05, 3.63) is 34.1 Å². The minimum absolute atomic E-state index is 0.832. The summed E-state index contributed by atoms with van der Waals surface area (Å²) in [5.74, 6) is 1.70. The molecule has 0 radical (unpaired) electrons. The van der Waals surface area contributed by atoms with Crippen LogP contribution in [-0.4, -0.2) is 18.1 Å². The van der Waals surface area contributed by atoms with Crippen LogP contribution in [0.25, 0.3) is 5.57 Å². The van der Waals surface area contributed by atoms with Crippen LogP contribution < -0.4 is 5.32 Å². The van der Waals surface area contributed by atoms with Crippen molar-refractivity contribution in [1.82, 2.24) is 10.3 Å². The van der Waals surface area contributed by atoms with E-state index in [0.29, 0.717) is 0 Å². The van der Waals surface area contributed by atoms with E-state index in [9.17, 15) is 0 Å². The molecule has 1 fully saturated rings. The minimum Gasteiger partial charge on any atom is -0.316 e. The van der Waals surface area contributed by atoms with Crippen LogP contribution >= 0.6 is 15.9 Å². The summed E-state index contributed by atoms with van der Waals surface area (Å²) in [6.45, 7) is 4.49. The van der Waals surface area contributed by atoms with E-state index in [1.54, 1.807) is 0 Å². The molecule has 3 rings (SSSR count). The van der Waals surface area contributed by atoms with Gasteiger partial charge in [0.25, 0.3) is 0 Å². The lowest BCUT2D eigenvalue weighted by molar-refractivity contribution is 0.418. The van der Waals surface area contributed by atoms with Crippen LogP contribution in [0.5, 0.6) is 0 Å². The molecule has 1 aliphatic carbocycles. The van der Waals surface area contributed by atoms with Crippen LogP contribution in [0.2, 0.25) is 0 Å². The Morgan fingerprint density at radius 2 is 2.18 bits per heavy atom. The highest BCUT2D eigenvalue weighted by molar-refractivity contribution is 9.10. The van der Waals surface area contributed by atoms with Crippen LogP contribution in [0.15, 0.2) is 22.9 Å². The Bertz CT molecular complexity index is 467. The van der Waals surface area contributed by atoms with Crippen molar-refractivity contribution in [2.75, 3.05) is 13.1 Å². The van der Waals surface area contributed by atoms with Crippen LogP contribution in [0, 0.1) is 18.8 Å². The van der Waals surface area contributed by atoms with Gasteiger partial charge in [-0.05, 0) is 83.4 Å². The average molecular weight is 293 g/mol. The van der Waals surface area contributed by atoms with Gasteiger partial charge in [-0.2, -0.15) is 0 Å². The van der Waals surface area contributed by atoms with Crippen molar-refractivity contribution in [3.63, 3.8) is 0 Å². The first kappa shape index (κ1) is 11.4. The molecule has 0 unspecified atom stereocenters. The lowest BCUT2D eigenvalue weighted by atomic mass is 9.80. The molecule has 1 aromatic rings. The van der Waals surface area contributed by atoms with E-state index in [2.05, 4.69) is 45.3 Å². The molecule has 90 valence electrons. The summed E-state index contributed by atoms with van der Waals surface area (Å²) >= 11 is 3.46. The third-order valence-electron chi connectivity index (χ3n) is 4.01. The minimum atomic E-state index is 0.832. The highest BCUT2D eigenvalue weighted by atomic mass is 79.9. The Labute approximate surface area is 111 Å². The standard InChI is InChI=1S/C14H17BrN2/c1-9-4-12(8-17-14(9)15)10-2-3-11-6-16-7-13(11)5-10/h2,4,8,11,13,16H,3,5-7H2,1H3/t11-,13+/m1/s1. The Morgan fingerprint density at radius 1 is 1.35 bits per heavy atom. The van der Waals surface area contributed by atoms with E-state index in [1.807, 2.05) is 6.20 Å². The third-order valence-corrected chi connectivity index (χ3v) is 4.84. The van der Waals surface area contributed by atoms with Gasteiger partial charge in [-0.25, -0.2) is 4.98 Å². The fourth-order valence-electron chi connectivity index (χ4n) is 2.93. The predicted octanol–water partition coefficient (Wildman–Crippen LogP) is 3.17. The molecule has 2 aliphatic rings. The number of nitrogens with zero attached hydrogens (tertiary/aromatic N) is 1. The number of halogens is 1. The zero-order valence-electron chi connectivity index (χ0n) is 10.0. The van der Waals surface area contributed by atoms with Crippen LogP contribution in [0.4, 0.5) is 0 Å². The maximum absolute atomic E-state index is 4.40. The van der Waals surface area contributed by atoms with Crippen molar-refractivity contribution in [2.45, 2.75) is 19.8 Å². The van der Waals surface area contributed by atoms with Crippen molar-refractivity contribution in [1.29, 1.82) is 0 Å². The van der Waals surface area contributed by atoms with Crippen molar-refractivity contribution in [2.24, 2.45) is 11.8 Å². The number of hydrogen-bond donors (Lipinski definition) is 1. The Kier molecular flexibility index (Phi) is 3.05. The van der Waals surface area contributed by atoms with Gasteiger partial charge in [0.05, 0.1) is 0 Å². The quantitative estimate of drug-likeness (QED) is 0.805. The van der Waals surface area contributed by atoms with Crippen LogP contribution in [0.1, 0.15) is 24.0 Å². The highest BCUT2D eigenvalue weighted by Gasteiger charge is 2.30. The number of allylic oxidation sites excluding steroid dienone is 2. The largest absolute Gasteiger partial charge is 0.316 e. The molecule has 1 aliphatic heterocycles. The number of hydrogen-bond acceptors (Lipinski definition) is 2. The number of pyridine rings is 1. The molecule has 0 bridgehead atoms. The van der Waals surface area contributed by atoms with Gasteiger partial charge in [-0.3, -0.25) is 0 Å². The van der Waals surface area contributed by atoms with Crippen molar-refractivity contribution in [3.8, 4) is 0 Å². The summed E-state index contributed by atoms with van der Waals surface area (Å²) in [7, 11) is 0. The van der Waals surface area contributed by atoms with E-state index in [4.69, 9.17) is 0 Å². The number of fused-ring (bicyclic) bond motifs is 1. The Balaban J connectivity index is 1.86. The fraction of sp³-hybridized carbons (Fsp3) is 0.500. The molecule has 2 heterocycles. The van der Waals surface area contributed by atoms with Gasteiger partial charge in [-0.1, -0.05) is 6.08 Å². The molecule has 0 amide bonds. The number of nitrogens with one attached hydrogen (secondary N) is 1. The average Bonchev–Trinajstić information content (AvgIpc) is 2.79. The van der Waals surface area contributed by atoms with Crippen LogP contribution in [-0.2, 0) is 0 Å². The molecule has 3 heteroatoms. The van der Waals surface area contributed by atoms with Gasteiger partial charge in [0.2, 0.25) is 0 Å². The maximum Gasteiger partial charge on any atom is 0.109 e. The summed E-state index contributed by atoms with van der Waals surface area (Å²) in [5.41, 5.74) is 4.00. The molecule has 2 atom stereocenters. The first-order valence-electron chi connectivity index (χ1n) is 6.26. The van der Waals surface area contributed by atoms with Crippen LogP contribution in [0.3, 0.4) is 0 Å². The summed E-state index contributed by atoms with van der Waals surface area (Å²) in [6, 6.07) is 2.24. The second-order valence-electron chi connectivity index (χ2n) is 5.18. The number of aryl methyl sites for hydroxylation is 1. The summed E-state index contributed by atoms with van der Waals surface area (Å²) in [4.78, 5) is 4.40. The Hall–Kier alpha value is -0.670. The molecular formula is C14H17BrN2. The maximum atomic E-state index is 4.40. The second-order valence-corrected chi connectivity index (χ2v) is 5.93. The smallest absolute Gasteiger partial charge is 0.109 e. The first-order valence-corrected chi connectivity index (χ1v) is 7.05. The summed E-state index contributed by atoms with van der Waals surface area (Å²) in [6.07, 6.45) is 6.84. The SMILES string of the molecule is Cc1cc(C2=CC[C@@H]3CNC[C@@H]3C2)cnc1Br. The van der Waals surface area contributed by atoms with Crippen molar-refractivity contribution >= 4 is 21.5 Å². The lowest BCUT2D eigenvalue weighted by Crippen LogP contribution is -2.16. The Morgan fingerprint density at radius 3 is 3.00 bits per heavy atom. The second kappa shape index (κ2) is 4.54. The van der Waals surface area contributed by atoms with E-state index in [0.717, 1.165) is 16.4 Å². The zero-order valence-corrected chi connectivity index (χ0v) is 11.6. The van der Waals surface area contributed by atoms with Gasteiger partial charge < -0.3 is 5.32 Å². The molecule has 17 heavy (non-hydrogen) atoms. The van der Waals surface area contributed by atoms with Gasteiger partial charge in [0.1, 0.15) is 4.60 Å². The summed E-state index contributed by atoms with van der Waals surface area (Å²) in [5, 5.41) is 3.50.